The fourth-order valence-corrected chi connectivity index (χ4v) is 4.32. The van der Waals surface area contributed by atoms with Crippen molar-refractivity contribution in [2.45, 2.75) is 44.9 Å². The Kier molecular flexibility index (Phi) is 5.35. The van der Waals surface area contributed by atoms with Crippen molar-refractivity contribution in [1.29, 1.82) is 0 Å². The molecule has 32 heavy (non-hydrogen) atoms. The molecule has 2 atom stereocenters. The van der Waals surface area contributed by atoms with E-state index in [1.54, 1.807) is 7.05 Å². The lowest BCUT2D eigenvalue weighted by molar-refractivity contribution is 0.0559. The number of nitrogens with zero attached hydrogens (tertiary/aromatic N) is 3. The summed E-state index contributed by atoms with van der Waals surface area (Å²) in [5.41, 5.74) is -2.42. The second-order valence-electron chi connectivity index (χ2n) is 8.00. The zero-order valence-electron chi connectivity index (χ0n) is 17.4. The number of hydrogen-bond donors (Lipinski definition) is 2. The second-order valence-corrected chi connectivity index (χ2v) is 8.00. The highest BCUT2D eigenvalue weighted by Crippen LogP contribution is 2.31. The topological polar surface area (TPSA) is 94.9 Å². The van der Waals surface area contributed by atoms with Gasteiger partial charge in [0.05, 0.1) is 0 Å². The molecule has 0 radical (unpaired) electrons. The number of pyridine rings is 1. The van der Waals surface area contributed by atoms with Crippen LogP contribution in [0.3, 0.4) is 0 Å². The van der Waals surface area contributed by atoms with Crippen molar-refractivity contribution in [3.63, 3.8) is 0 Å². The number of aromatic nitrogens is 1. The highest BCUT2D eigenvalue weighted by atomic mass is 19.1. The summed E-state index contributed by atoms with van der Waals surface area (Å²) in [6.45, 7) is 1.28. The van der Waals surface area contributed by atoms with E-state index in [1.807, 2.05) is 11.9 Å². The van der Waals surface area contributed by atoms with Gasteiger partial charge in [0.25, 0.3) is 11.8 Å². The van der Waals surface area contributed by atoms with E-state index in [1.165, 1.54) is 9.58 Å². The highest BCUT2D eigenvalue weighted by Gasteiger charge is 2.42. The molecule has 2 N–H and O–H groups in total. The van der Waals surface area contributed by atoms with E-state index >= 15 is 0 Å². The number of carbonyl (C=O) groups excluding carboxylic acids is 2. The zero-order chi connectivity index (χ0) is 23.3. The third-order valence-corrected chi connectivity index (χ3v) is 6.00. The van der Waals surface area contributed by atoms with Gasteiger partial charge in [0.2, 0.25) is 5.43 Å². The van der Waals surface area contributed by atoms with Gasteiger partial charge in [0, 0.05) is 43.5 Å². The maximum atomic E-state index is 13.9. The van der Waals surface area contributed by atoms with Crippen LogP contribution in [0.1, 0.15) is 52.6 Å². The quantitative estimate of drug-likeness (QED) is 0.744. The van der Waals surface area contributed by atoms with Gasteiger partial charge in [-0.3, -0.25) is 24.1 Å². The van der Waals surface area contributed by atoms with Gasteiger partial charge in [0.15, 0.2) is 11.4 Å². The van der Waals surface area contributed by atoms with E-state index in [-0.39, 0.29) is 17.9 Å². The van der Waals surface area contributed by atoms with Gasteiger partial charge in [-0.2, -0.15) is 0 Å². The summed E-state index contributed by atoms with van der Waals surface area (Å²) in [5.74, 6) is -5.93. The molecule has 2 aliphatic rings. The molecule has 0 unspecified atom stereocenters. The van der Waals surface area contributed by atoms with E-state index in [0.29, 0.717) is 18.6 Å². The van der Waals surface area contributed by atoms with E-state index in [9.17, 15) is 32.7 Å². The minimum absolute atomic E-state index is 0.0525. The van der Waals surface area contributed by atoms with Crippen molar-refractivity contribution >= 4 is 11.8 Å². The molecule has 0 bridgehead atoms. The molecule has 8 nitrogen and oxygen atoms in total. The van der Waals surface area contributed by atoms with Crippen LogP contribution in [0.15, 0.2) is 23.1 Å². The van der Waals surface area contributed by atoms with Crippen molar-refractivity contribution < 1.29 is 27.9 Å². The first-order chi connectivity index (χ1) is 15.1. The van der Waals surface area contributed by atoms with E-state index in [4.69, 9.17) is 0 Å². The largest absolute Gasteiger partial charge is 0.502 e. The molecule has 2 amide bonds. The van der Waals surface area contributed by atoms with E-state index in [0.717, 1.165) is 19.0 Å². The first kappa shape index (κ1) is 21.7. The highest BCUT2D eigenvalue weighted by molar-refractivity contribution is 5.99. The van der Waals surface area contributed by atoms with Crippen molar-refractivity contribution in [1.82, 2.24) is 14.9 Å². The SMILES string of the molecule is C[C@@H]1CCC[C@H]2N(C)C(=O)c3c(O)c(=O)c(C(=O)NCc4c(F)cc(F)cc4F)cn3N12. The van der Waals surface area contributed by atoms with Crippen LogP contribution < -0.4 is 15.8 Å². The Balaban J connectivity index is 1.72. The molecule has 0 spiro atoms. The van der Waals surface area contributed by atoms with Crippen molar-refractivity contribution in [2.75, 3.05) is 12.1 Å². The number of carbonyl (C=O) groups is 2. The maximum Gasteiger partial charge on any atom is 0.277 e. The summed E-state index contributed by atoms with van der Waals surface area (Å²) < 4.78 is 42.1. The maximum absolute atomic E-state index is 13.9. The van der Waals surface area contributed by atoms with Gasteiger partial charge in [-0.15, -0.1) is 0 Å². The number of hydrogen-bond acceptors (Lipinski definition) is 5. The third-order valence-electron chi connectivity index (χ3n) is 6.00. The van der Waals surface area contributed by atoms with Crippen LogP contribution in [0, 0.1) is 17.5 Å². The second kappa shape index (κ2) is 7.88. The van der Waals surface area contributed by atoms with Gasteiger partial charge < -0.3 is 15.3 Å². The monoisotopic (exact) mass is 450 g/mol. The Morgan fingerprint density at radius 2 is 1.84 bits per heavy atom. The van der Waals surface area contributed by atoms with Gasteiger partial charge in [0.1, 0.15) is 29.2 Å². The van der Waals surface area contributed by atoms with Crippen molar-refractivity contribution in [3.05, 3.63) is 62.8 Å². The van der Waals surface area contributed by atoms with Crippen LogP contribution in [0.5, 0.6) is 5.75 Å². The van der Waals surface area contributed by atoms with Crippen LogP contribution in [0.25, 0.3) is 0 Å². The first-order valence-electron chi connectivity index (χ1n) is 10.1. The molecule has 0 saturated carbocycles. The Morgan fingerprint density at radius 1 is 1.19 bits per heavy atom. The molecular formula is C21H21F3N4O4. The van der Waals surface area contributed by atoms with Crippen molar-refractivity contribution in [3.8, 4) is 5.75 Å². The Bertz CT molecular complexity index is 1160. The lowest BCUT2D eigenvalue weighted by atomic mass is 10.00. The average Bonchev–Trinajstić information content (AvgIpc) is 2.73. The molecule has 1 aromatic carbocycles. The minimum Gasteiger partial charge on any atom is -0.502 e. The predicted molar refractivity (Wildman–Crippen MR) is 107 cm³/mol. The molecule has 0 aliphatic carbocycles. The zero-order valence-corrected chi connectivity index (χ0v) is 17.4. The van der Waals surface area contributed by atoms with Gasteiger partial charge in [-0.05, 0) is 26.2 Å². The molecule has 11 heteroatoms. The summed E-state index contributed by atoms with van der Waals surface area (Å²) in [6, 6.07) is 0.900. The number of piperidine rings is 1. The van der Waals surface area contributed by atoms with Gasteiger partial charge in [-0.25, -0.2) is 13.2 Å². The molecule has 2 aromatic rings. The fourth-order valence-electron chi connectivity index (χ4n) is 4.32. The molecule has 2 aliphatic heterocycles. The number of aromatic hydroxyl groups is 1. The minimum atomic E-state index is -1.19. The summed E-state index contributed by atoms with van der Waals surface area (Å²) in [6.07, 6.45) is 3.19. The van der Waals surface area contributed by atoms with E-state index < -0.39 is 58.1 Å². The molecule has 170 valence electrons. The van der Waals surface area contributed by atoms with Crippen molar-refractivity contribution in [2.24, 2.45) is 0 Å². The first-order valence-corrected chi connectivity index (χ1v) is 10.1. The third kappa shape index (κ3) is 3.37. The smallest absolute Gasteiger partial charge is 0.277 e. The molecule has 1 fully saturated rings. The Labute approximate surface area is 180 Å². The molecular weight excluding hydrogens is 429 g/mol. The molecule has 4 rings (SSSR count). The lowest BCUT2D eigenvalue weighted by Gasteiger charge is -2.50. The van der Waals surface area contributed by atoms with Crippen LogP contribution in [-0.2, 0) is 6.54 Å². The average molecular weight is 450 g/mol. The summed E-state index contributed by atoms with van der Waals surface area (Å²) in [7, 11) is 1.58. The van der Waals surface area contributed by atoms with Crippen LogP contribution in [0.2, 0.25) is 0 Å². The number of rotatable bonds is 3. The summed E-state index contributed by atoms with van der Waals surface area (Å²) in [5, 5.41) is 14.5. The lowest BCUT2D eigenvalue weighted by Crippen LogP contribution is -2.64. The van der Waals surface area contributed by atoms with Gasteiger partial charge >= 0.3 is 0 Å². The number of benzene rings is 1. The van der Waals surface area contributed by atoms with Crippen LogP contribution >= 0.6 is 0 Å². The number of amides is 2. The fraction of sp³-hybridized carbons (Fsp3) is 0.381. The Morgan fingerprint density at radius 3 is 2.50 bits per heavy atom. The molecule has 1 aromatic heterocycles. The summed E-state index contributed by atoms with van der Waals surface area (Å²) in [4.78, 5) is 39.6. The molecule has 3 heterocycles. The Hall–Kier alpha value is -3.50. The molecule has 1 saturated heterocycles. The van der Waals surface area contributed by atoms with E-state index in [2.05, 4.69) is 5.32 Å². The van der Waals surface area contributed by atoms with Gasteiger partial charge in [-0.1, -0.05) is 0 Å². The number of fused-ring (bicyclic) bond motifs is 3. The standard InChI is InChI=1S/C21H21F3N4O4/c1-10-4-3-5-16-26(2)21(32)17-19(30)18(29)13(9-27(17)28(10)16)20(31)25-8-12-14(23)6-11(22)7-15(12)24/h6-7,9-10,16,30H,3-5,8H2,1-2H3,(H,25,31)/t10-,16+/m1/s1. The number of nitrogens with one attached hydrogen (secondary N) is 1. The predicted octanol–water partition coefficient (Wildman–Crippen LogP) is 1.82. The summed E-state index contributed by atoms with van der Waals surface area (Å²) >= 11 is 0. The van der Waals surface area contributed by atoms with Crippen LogP contribution in [0.4, 0.5) is 13.2 Å². The number of halogens is 3. The van der Waals surface area contributed by atoms with Crippen LogP contribution in [-0.4, -0.2) is 45.8 Å². The normalized spacial score (nSPS) is 20.1.